The van der Waals surface area contributed by atoms with Crippen LogP contribution >= 0.6 is 0 Å². The zero-order valence-corrected chi connectivity index (χ0v) is 26.2. The Morgan fingerprint density at radius 2 is 0.825 bits per heavy atom. The lowest BCUT2D eigenvalue weighted by molar-refractivity contribution is -0.973. The second-order valence-electron chi connectivity index (χ2n) is 11.6. The van der Waals surface area contributed by atoms with Crippen LogP contribution in [0.5, 0.6) is 0 Å². The summed E-state index contributed by atoms with van der Waals surface area (Å²) in [5.41, 5.74) is 0. The molecule has 0 heterocycles. The van der Waals surface area contributed by atoms with E-state index in [1.807, 2.05) is 20.8 Å². The molecule has 0 rings (SSSR count). The van der Waals surface area contributed by atoms with Gasteiger partial charge in [-0.15, -0.1) is 0 Å². The SMILES string of the molecule is CCCC/C=C/CCCCCCCCCCCC[N+](C(CCC)C(=O)O)(C(CCC)C(=O)O)C(CCC)C(=O)O. The molecule has 0 aromatic heterocycles. The highest BCUT2D eigenvalue weighted by atomic mass is 16.4. The smallest absolute Gasteiger partial charge is 0.362 e. The van der Waals surface area contributed by atoms with Crippen LogP contribution in [0.2, 0.25) is 0 Å². The van der Waals surface area contributed by atoms with E-state index in [1.54, 1.807) is 0 Å². The Hall–Kier alpha value is -1.89. The van der Waals surface area contributed by atoms with Crippen molar-refractivity contribution in [3.63, 3.8) is 0 Å². The van der Waals surface area contributed by atoms with Crippen molar-refractivity contribution in [3.8, 4) is 0 Å². The van der Waals surface area contributed by atoms with Gasteiger partial charge in [-0.25, -0.2) is 14.4 Å². The summed E-state index contributed by atoms with van der Waals surface area (Å²) in [6.07, 6.45) is 23.1. The Labute approximate surface area is 245 Å². The Kier molecular flexibility index (Phi) is 22.7. The first-order valence-electron chi connectivity index (χ1n) is 16.4. The van der Waals surface area contributed by atoms with Crippen molar-refractivity contribution in [3.05, 3.63) is 12.2 Å². The summed E-state index contributed by atoms with van der Waals surface area (Å²) in [6, 6.07) is -3.13. The number of nitrogens with zero attached hydrogens (tertiary/aromatic N) is 1. The van der Waals surface area contributed by atoms with E-state index in [9.17, 15) is 29.7 Å². The standard InChI is InChI=1S/C33H61NO6/c1-5-9-10-11-12-13-14-15-16-17-18-19-20-21-22-23-27-34(28(24-6-2)31(35)36,29(25-7-3)32(37)38)30(26-8-4)33(39)40/h11-12,28-30H,5-10,13-27H2,1-4H3,(H2-,35,36,37,38,39,40)/p+1/b12-11+. The van der Waals surface area contributed by atoms with Gasteiger partial charge in [0.25, 0.3) is 0 Å². The van der Waals surface area contributed by atoms with Crippen LogP contribution < -0.4 is 0 Å². The molecule has 0 saturated carbocycles. The fourth-order valence-corrected chi connectivity index (χ4v) is 6.27. The Morgan fingerprint density at radius 3 is 1.15 bits per heavy atom. The van der Waals surface area contributed by atoms with Crippen molar-refractivity contribution in [2.24, 2.45) is 0 Å². The molecule has 40 heavy (non-hydrogen) atoms. The molecule has 0 aliphatic heterocycles. The Balaban J connectivity index is 5.10. The second-order valence-corrected chi connectivity index (χ2v) is 11.6. The van der Waals surface area contributed by atoms with Gasteiger partial charge >= 0.3 is 17.9 Å². The van der Waals surface area contributed by atoms with E-state index in [4.69, 9.17) is 0 Å². The highest BCUT2D eigenvalue weighted by Crippen LogP contribution is 2.34. The molecule has 3 unspecified atom stereocenters. The maximum absolute atomic E-state index is 12.6. The van der Waals surface area contributed by atoms with E-state index >= 15 is 0 Å². The van der Waals surface area contributed by atoms with Crippen LogP contribution in [0.3, 0.4) is 0 Å². The van der Waals surface area contributed by atoms with Crippen molar-refractivity contribution in [2.45, 2.75) is 174 Å². The summed E-state index contributed by atoms with van der Waals surface area (Å²) < 4.78 is -0.372. The third kappa shape index (κ3) is 14.1. The number of unbranched alkanes of at least 4 members (excludes halogenated alkanes) is 12. The molecule has 0 aromatic rings. The van der Waals surface area contributed by atoms with Gasteiger partial charge in [-0.2, -0.15) is 0 Å². The van der Waals surface area contributed by atoms with Crippen molar-refractivity contribution >= 4 is 17.9 Å². The van der Waals surface area contributed by atoms with E-state index in [2.05, 4.69) is 19.1 Å². The maximum Gasteiger partial charge on any atom is 0.362 e. The predicted molar refractivity (Wildman–Crippen MR) is 164 cm³/mol. The van der Waals surface area contributed by atoms with E-state index in [0.717, 1.165) is 19.3 Å². The zero-order chi connectivity index (χ0) is 30.2. The number of carboxylic acid groups (broad SMARTS) is 3. The Bertz CT molecular complexity index is 647. The van der Waals surface area contributed by atoms with Crippen molar-refractivity contribution in [1.82, 2.24) is 0 Å². The molecule has 0 aliphatic rings. The topological polar surface area (TPSA) is 112 Å². The quantitative estimate of drug-likeness (QED) is 0.0495. The number of carboxylic acids is 3. The molecule has 0 aromatic carbocycles. The molecule has 3 atom stereocenters. The molecule has 0 fully saturated rings. The summed E-state index contributed by atoms with van der Waals surface area (Å²) in [7, 11) is 0. The lowest BCUT2D eigenvalue weighted by atomic mass is 9.91. The average Bonchev–Trinajstić information content (AvgIpc) is 2.91. The normalized spacial score (nSPS) is 15.5. The van der Waals surface area contributed by atoms with Crippen LogP contribution in [0.25, 0.3) is 0 Å². The maximum atomic E-state index is 12.6. The Morgan fingerprint density at radius 1 is 0.500 bits per heavy atom. The molecular weight excluding hydrogens is 506 g/mol. The van der Waals surface area contributed by atoms with Gasteiger partial charge in [0.1, 0.15) is 0 Å². The predicted octanol–water partition coefficient (Wildman–Crippen LogP) is 8.60. The van der Waals surface area contributed by atoms with Gasteiger partial charge in [0.15, 0.2) is 18.1 Å². The van der Waals surface area contributed by atoms with E-state index in [0.29, 0.717) is 25.7 Å². The summed E-state index contributed by atoms with van der Waals surface area (Å²) in [5.74, 6) is -3.25. The van der Waals surface area contributed by atoms with Crippen molar-refractivity contribution in [1.29, 1.82) is 0 Å². The summed E-state index contributed by atoms with van der Waals surface area (Å²) >= 11 is 0. The fraction of sp³-hybridized carbons (Fsp3) is 0.848. The van der Waals surface area contributed by atoms with Crippen LogP contribution in [0.4, 0.5) is 0 Å². The molecule has 234 valence electrons. The second kappa shape index (κ2) is 23.8. The minimum absolute atomic E-state index is 0.269. The average molecular weight is 569 g/mol. The van der Waals surface area contributed by atoms with Crippen LogP contribution in [0, 0.1) is 0 Å². The molecule has 0 saturated heterocycles. The molecule has 0 bridgehead atoms. The van der Waals surface area contributed by atoms with Gasteiger partial charge < -0.3 is 15.3 Å². The lowest BCUT2D eigenvalue weighted by Gasteiger charge is -2.50. The zero-order valence-electron chi connectivity index (χ0n) is 26.2. The third-order valence-electron chi connectivity index (χ3n) is 8.34. The molecule has 0 amide bonds. The molecule has 0 spiro atoms. The fourth-order valence-electron chi connectivity index (χ4n) is 6.27. The van der Waals surface area contributed by atoms with E-state index in [-0.39, 0.29) is 30.3 Å². The van der Waals surface area contributed by atoms with E-state index < -0.39 is 36.0 Å². The number of rotatable bonds is 28. The first-order chi connectivity index (χ1) is 19.2. The largest absolute Gasteiger partial charge is 0.477 e. The first-order valence-corrected chi connectivity index (χ1v) is 16.4. The number of hydrogen-bond donors (Lipinski definition) is 3. The van der Waals surface area contributed by atoms with Gasteiger partial charge in [-0.05, 0) is 51.4 Å². The highest BCUT2D eigenvalue weighted by Gasteiger charge is 2.56. The number of quaternary nitrogens is 1. The van der Waals surface area contributed by atoms with Gasteiger partial charge in [0.2, 0.25) is 0 Å². The summed E-state index contributed by atoms with van der Waals surface area (Å²) in [4.78, 5) is 37.7. The number of allylic oxidation sites excluding steroid dienone is 2. The lowest BCUT2D eigenvalue weighted by Crippen LogP contribution is -2.72. The molecule has 0 radical (unpaired) electrons. The third-order valence-corrected chi connectivity index (χ3v) is 8.34. The first kappa shape index (κ1) is 38.1. The monoisotopic (exact) mass is 568 g/mol. The van der Waals surface area contributed by atoms with Crippen molar-refractivity contribution in [2.75, 3.05) is 6.54 Å². The molecule has 0 aliphatic carbocycles. The highest BCUT2D eigenvalue weighted by molar-refractivity contribution is 5.78. The van der Waals surface area contributed by atoms with Gasteiger partial charge in [-0.1, -0.05) is 97.6 Å². The molecule has 3 N–H and O–H groups in total. The number of aliphatic carboxylic acids is 3. The van der Waals surface area contributed by atoms with Gasteiger partial charge in [0.05, 0.1) is 6.54 Å². The van der Waals surface area contributed by atoms with Crippen LogP contribution in [-0.2, 0) is 14.4 Å². The summed E-state index contributed by atoms with van der Waals surface area (Å²) in [6.45, 7) is 8.13. The molecular formula is C33H62NO6+. The van der Waals surface area contributed by atoms with E-state index in [1.165, 1.54) is 64.2 Å². The van der Waals surface area contributed by atoms with Gasteiger partial charge in [0, 0.05) is 19.3 Å². The number of hydrogen-bond acceptors (Lipinski definition) is 3. The molecule has 7 nitrogen and oxygen atoms in total. The van der Waals surface area contributed by atoms with Crippen LogP contribution in [0.1, 0.15) is 156 Å². The minimum Gasteiger partial charge on any atom is -0.477 e. The van der Waals surface area contributed by atoms with Crippen LogP contribution in [-0.4, -0.2) is 62.4 Å². The number of carbonyl (C=O) groups is 3. The summed E-state index contributed by atoms with van der Waals surface area (Å²) in [5, 5.41) is 30.8. The van der Waals surface area contributed by atoms with Crippen LogP contribution in [0.15, 0.2) is 12.2 Å². The van der Waals surface area contributed by atoms with Gasteiger partial charge in [-0.3, -0.25) is 4.48 Å². The van der Waals surface area contributed by atoms with Crippen molar-refractivity contribution < 1.29 is 34.2 Å². The molecule has 7 heteroatoms. The minimum atomic E-state index is -1.08.